The predicted molar refractivity (Wildman–Crippen MR) is 97.7 cm³/mol. The number of anilines is 1. The molecule has 4 N–H and O–H groups in total. The molecule has 1 amide bonds. The maximum atomic E-state index is 13.0. The summed E-state index contributed by atoms with van der Waals surface area (Å²) in [6, 6.07) is 7.28. The van der Waals surface area contributed by atoms with E-state index in [0.29, 0.717) is 12.1 Å². The van der Waals surface area contributed by atoms with Crippen LogP contribution in [0.4, 0.5) is 14.5 Å². The number of rotatable bonds is 4. The van der Waals surface area contributed by atoms with Crippen molar-refractivity contribution in [3.05, 3.63) is 51.7 Å². The fourth-order valence-electron chi connectivity index (χ4n) is 2.59. The van der Waals surface area contributed by atoms with Gasteiger partial charge in [-0.3, -0.25) is 4.79 Å². The van der Waals surface area contributed by atoms with Crippen LogP contribution < -0.4 is 16.4 Å². The first-order valence-corrected chi connectivity index (χ1v) is 9.01. The highest BCUT2D eigenvalue weighted by Gasteiger charge is 2.18. The number of nitrogens with zero attached hydrogens (tertiary/aromatic N) is 2. The summed E-state index contributed by atoms with van der Waals surface area (Å²) in [7, 11) is 0. The van der Waals surface area contributed by atoms with Gasteiger partial charge < -0.3 is 16.4 Å². The van der Waals surface area contributed by atoms with Crippen molar-refractivity contribution in [1.82, 2.24) is 0 Å². The van der Waals surface area contributed by atoms with Gasteiger partial charge in [0, 0.05) is 30.5 Å². The summed E-state index contributed by atoms with van der Waals surface area (Å²) in [4.78, 5) is 13.5. The molecule has 0 aliphatic carbocycles. The Bertz CT molecular complexity index is 783. The summed E-state index contributed by atoms with van der Waals surface area (Å²) in [6.45, 7) is 1.61. The molecule has 1 aliphatic heterocycles. The molecule has 8 heteroatoms. The van der Waals surface area contributed by atoms with Crippen LogP contribution in [0.3, 0.4) is 0 Å². The number of carbonyl (C=O) groups is 1. The molecule has 1 atom stereocenters. The molecule has 0 bridgehead atoms. The third kappa shape index (κ3) is 5.25. The zero-order valence-electron chi connectivity index (χ0n) is 14.1. The fraction of sp³-hybridized carbons (Fsp3) is 0.333. The van der Waals surface area contributed by atoms with E-state index >= 15 is 0 Å². The summed E-state index contributed by atoms with van der Waals surface area (Å²) >= 11 is 1.58. The lowest BCUT2D eigenvalue weighted by Crippen LogP contribution is -2.37. The van der Waals surface area contributed by atoms with Crippen LogP contribution in [-0.2, 0) is 11.2 Å². The van der Waals surface area contributed by atoms with Gasteiger partial charge >= 0.3 is 0 Å². The molecule has 1 saturated heterocycles. The number of hydrogen-bond donors (Lipinski definition) is 2. The van der Waals surface area contributed by atoms with E-state index in [-0.39, 0.29) is 5.56 Å². The van der Waals surface area contributed by atoms with Crippen LogP contribution in [0.2, 0.25) is 0 Å². The standard InChI is InChI=1S/C11H10F2N2.C7H10N2OS/c12-9-5-8(7-14)11(6-10(9)13)15-3-1-2-4-15;8-6(7(9)10)4-5-2-1-3-11-5/h5-6H,1-4H2;1-3,6H,4,8H2,(H2,9,10)/t;6-/m.0/s1. The second-order valence-corrected chi connectivity index (χ2v) is 6.91. The molecule has 2 heterocycles. The van der Waals surface area contributed by atoms with E-state index in [0.717, 1.165) is 42.9 Å². The minimum Gasteiger partial charge on any atom is -0.370 e. The molecule has 1 fully saturated rings. The van der Waals surface area contributed by atoms with Crippen LogP contribution in [0.5, 0.6) is 0 Å². The summed E-state index contributed by atoms with van der Waals surface area (Å²) in [5.41, 5.74) is 11.1. The molecule has 26 heavy (non-hydrogen) atoms. The average Bonchev–Trinajstić information content (AvgIpc) is 3.31. The molecular weight excluding hydrogens is 358 g/mol. The van der Waals surface area contributed by atoms with Gasteiger partial charge in [-0.05, 0) is 30.4 Å². The minimum atomic E-state index is -0.963. The molecular formula is C18H20F2N4OS. The van der Waals surface area contributed by atoms with Crippen LogP contribution in [-0.4, -0.2) is 25.0 Å². The predicted octanol–water partition coefficient (Wildman–Crippen LogP) is 2.54. The molecule has 2 aromatic rings. The van der Waals surface area contributed by atoms with Gasteiger partial charge in [-0.1, -0.05) is 6.07 Å². The monoisotopic (exact) mass is 378 g/mol. The smallest absolute Gasteiger partial charge is 0.234 e. The zero-order valence-corrected chi connectivity index (χ0v) is 14.9. The van der Waals surface area contributed by atoms with Gasteiger partial charge in [0.05, 0.1) is 17.3 Å². The van der Waals surface area contributed by atoms with Crippen molar-refractivity contribution in [2.45, 2.75) is 25.3 Å². The van der Waals surface area contributed by atoms with Crippen molar-refractivity contribution >= 4 is 22.9 Å². The van der Waals surface area contributed by atoms with E-state index in [9.17, 15) is 13.6 Å². The summed E-state index contributed by atoms with van der Waals surface area (Å²) in [6.07, 6.45) is 2.61. The van der Waals surface area contributed by atoms with E-state index in [1.807, 2.05) is 28.5 Å². The van der Waals surface area contributed by atoms with Gasteiger partial charge in [0.15, 0.2) is 11.6 Å². The van der Waals surface area contributed by atoms with Gasteiger partial charge in [-0.15, -0.1) is 11.3 Å². The lowest BCUT2D eigenvalue weighted by Gasteiger charge is -2.18. The Morgan fingerprint density at radius 3 is 2.50 bits per heavy atom. The van der Waals surface area contributed by atoms with Crippen LogP contribution in [0.1, 0.15) is 23.3 Å². The number of carbonyl (C=O) groups excluding carboxylic acids is 1. The molecule has 0 unspecified atom stereocenters. The van der Waals surface area contributed by atoms with Crippen molar-refractivity contribution in [3.8, 4) is 6.07 Å². The third-order valence-corrected chi connectivity index (χ3v) is 4.87. The molecule has 5 nitrogen and oxygen atoms in total. The molecule has 1 aliphatic rings. The Morgan fingerprint density at radius 1 is 1.31 bits per heavy atom. The number of amides is 1. The second kappa shape index (κ2) is 9.27. The molecule has 1 aromatic carbocycles. The number of primary amides is 1. The molecule has 0 spiro atoms. The zero-order chi connectivity index (χ0) is 19.1. The summed E-state index contributed by atoms with van der Waals surface area (Å²) in [5.74, 6) is -2.30. The molecule has 138 valence electrons. The fourth-order valence-corrected chi connectivity index (χ4v) is 3.36. The number of halogens is 2. The van der Waals surface area contributed by atoms with Crippen molar-refractivity contribution in [2.75, 3.05) is 18.0 Å². The van der Waals surface area contributed by atoms with Gasteiger partial charge in [0.2, 0.25) is 5.91 Å². The highest BCUT2D eigenvalue weighted by Crippen LogP contribution is 2.26. The molecule has 0 saturated carbocycles. The Balaban J connectivity index is 0.000000197. The van der Waals surface area contributed by atoms with Crippen molar-refractivity contribution in [3.63, 3.8) is 0 Å². The Labute approximate surface area is 154 Å². The van der Waals surface area contributed by atoms with Gasteiger partial charge in [-0.2, -0.15) is 5.26 Å². The van der Waals surface area contributed by atoms with Crippen molar-refractivity contribution in [1.29, 1.82) is 5.26 Å². The van der Waals surface area contributed by atoms with Gasteiger partial charge in [-0.25, -0.2) is 8.78 Å². The van der Waals surface area contributed by atoms with Crippen LogP contribution in [0.25, 0.3) is 0 Å². The van der Waals surface area contributed by atoms with E-state index in [1.165, 1.54) is 0 Å². The third-order valence-electron chi connectivity index (χ3n) is 3.97. The second-order valence-electron chi connectivity index (χ2n) is 5.88. The number of benzene rings is 1. The topological polar surface area (TPSA) is 96.1 Å². The van der Waals surface area contributed by atoms with Crippen LogP contribution in [0, 0.1) is 23.0 Å². The lowest BCUT2D eigenvalue weighted by molar-refractivity contribution is -0.119. The van der Waals surface area contributed by atoms with Crippen LogP contribution >= 0.6 is 11.3 Å². The van der Waals surface area contributed by atoms with Crippen molar-refractivity contribution < 1.29 is 13.6 Å². The molecule has 3 rings (SSSR count). The maximum Gasteiger partial charge on any atom is 0.234 e. The molecule has 0 radical (unpaired) electrons. The SMILES string of the molecule is N#Cc1cc(F)c(F)cc1N1CCCC1.NC(=O)[C@@H](N)Cc1cccs1. The summed E-state index contributed by atoms with van der Waals surface area (Å²) < 4.78 is 25.9. The number of thiophene rings is 1. The average molecular weight is 378 g/mol. The first kappa shape index (κ1) is 19.8. The quantitative estimate of drug-likeness (QED) is 0.854. The lowest BCUT2D eigenvalue weighted by atomic mass is 10.1. The number of nitriles is 1. The van der Waals surface area contributed by atoms with E-state index in [1.54, 1.807) is 11.3 Å². The van der Waals surface area contributed by atoms with Gasteiger partial charge in [0.25, 0.3) is 0 Å². The Kier molecular flexibility index (Phi) is 7.06. The van der Waals surface area contributed by atoms with E-state index in [4.69, 9.17) is 16.7 Å². The normalized spacial score (nSPS) is 14.3. The van der Waals surface area contributed by atoms with E-state index < -0.39 is 23.6 Å². The largest absolute Gasteiger partial charge is 0.370 e. The minimum absolute atomic E-state index is 0.204. The summed E-state index contributed by atoms with van der Waals surface area (Å²) in [5, 5.41) is 10.8. The Hall–Kier alpha value is -2.50. The molecule has 1 aromatic heterocycles. The van der Waals surface area contributed by atoms with E-state index in [2.05, 4.69) is 0 Å². The highest BCUT2D eigenvalue weighted by molar-refractivity contribution is 7.09. The highest BCUT2D eigenvalue weighted by atomic mass is 32.1. The maximum absolute atomic E-state index is 13.0. The Morgan fingerprint density at radius 2 is 1.96 bits per heavy atom. The number of nitrogens with two attached hydrogens (primary N) is 2. The first-order chi connectivity index (χ1) is 12.4. The number of hydrogen-bond acceptors (Lipinski definition) is 5. The van der Waals surface area contributed by atoms with Crippen molar-refractivity contribution in [2.24, 2.45) is 11.5 Å². The van der Waals surface area contributed by atoms with Gasteiger partial charge in [0.1, 0.15) is 6.07 Å². The first-order valence-electron chi connectivity index (χ1n) is 8.13. The van der Waals surface area contributed by atoms with Crippen LogP contribution in [0.15, 0.2) is 29.6 Å².